The molecule has 1 saturated heterocycles. The third-order valence-electron chi connectivity index (χ3n) is 2.92. The van der Waals surface area contributed by atoms with E-state index in [1.54, 1.807) is 0 Å². The van der Waals surface area contributed by atoms with Crippen molar-refractivity contribution in [2.45, 2.75) is 38.1 Å². The van der Waals surface area contributed by atoms with Gasteiger partial charge in [0.25, 0.3) is 0 Å². The molecule has 0 aromatic rings. The van der Waals surface area contributed by atoms with Crippen LogP contribution in [0.5, 0.6) is 0 Å². The molecule has 2 heterocycles. The summed E-state index contributed by atoms with van der Waals surface area (Å²) < 4.78 is 0. The molecular formula is C10H18N2. The van der Waals surface area contributed by atoms with Gasteiger partial charge < -0.3 is 0 Å². The van der Waals surface area contributed by atoms with Gasteiger partial charge in [-0.25, -0.2) is 0 Å². The Labute approximate surface area is 74.7 Å². The fraction of sp³-hybridized carbons (Fsp3) is 0.900. The first-order valence-electron chi connectivity index (χ1n) is 5.21. The van der Waals surface area contributed by atoms with E-state index < -0.39 is 0 Å². The standard InChI is InChI=1S/C10H18N2/c1-2-5-10-9-11-6-4-8-12(10)7-3-1/h9-10H,1-8H2. The predicted octanol–water partition coefficient (Wildman–Crippen LogP) is 1.71. The summed E-state index contributed by atoms with van der Waals surface area (Å²) in [6, 6.07) is 0.676. The van der Waals surface area contributed by atoms with Gasteiger partial charge in [0, 0.05) is 25.3 Å². The lowest BCUT2D eigenvalue weighted by molar-refractivity contribution is 0.254. The van der Waals surface area contributed by atoms with E-state index in [1.807, 2.05) is 0 Å². The van der Waals surface area contributed by atoms with E-state index in [-0.39, 0.29) is 0 Å². The summed E-state index contributed by atoms with van der Waals surface area (Å²) in [5.74, 6) is 0. The SMILES string of the molecule is C1=NCCCN2CCCCCC12. The van der Waals surface area contributed by atoms with E-state index >= 15 is 0 Å². The van der Waals surface area contributed by atoms with Crippen molar-refractivity contribution in [3.8, 4) is 0 Å². The maximum absolute atomic E-state index is 4.43. The Hall–Kier alpha value is -0.370. The maximum Gasteiger partial charge on any atom is 0.0446 e. The Morgan fingerprint density at radius 3 is 3.00 bits per heavy atom. The summed E-state index contributed by atoms with van der Waals surface area (Å²) in [6.45, 7) is 3.62. The normalized spacial score (nSPS) is 32.2. The van der Waals surface area contributed by atoms with E-state index in [4.69, 9.17) is 0 Å². The van der Waals surface area contributed by atoms with Crippen LogP contribution in [0.3, 0.4) is 0 Å². The van der Waals surface area contributed by atoms with Crippen LogP contribution in [0.25, 0.3) is 0 Å². The van der Waals surface area contributed by atoms with Crippen molar-refractivity contribution < 1.29 is 0 Å². The molecule has 0 aromatic heterocycles. The average molecular weight is 166 g/mol. The molecule has 1 fully saturated rings. The lowest BCUT2D eigenvalue weighted by Gasteiger charge is -2.24. The summed E-state index contributed by atoms with van der Waals surface area (Å²) in [6.07, 6.45) is 8.99. The number of hydrogen-bond donors (Lipinski definition) is 0. The smallest absolute Gasteiger partial charge is 0.0446 e. The Kier molecular flexibility index (Phi) is 2.77. The number of hydrogen-bond acceptors (Lipinski definition) is 2. The molecule has 0 bridgehead atoms. The van der Waals surface area contributed by atoms with Crippen LogP contribution in [-0.2, 0) is 0 Å². The number of rotatable bonds is 0. The van der Waals surface area contributed by atoms with Crippen LogP contribution in [0, 0.1) is 0 Å². The van der Waals surface area contributed by atoms with E-state index in [0.29, 0.717) is 6.04 Å². The first kappa shape index (κ1) is 8.24. The number of nitrogens with zero attached hydrogens (tertiary/aromatic N) is 2. The third kappa shape index (κ3) is 1.86. The summed E-state index contributed by atoms with van der Waals surface area (Å²) in [7, 11) is 0. The molecule has 1 atom stereocenters. The van der Waals surface area contributed by atoms with E-state index in [1.165, 1.54) is 45.2 Å². The summed E-state index contributed by atoms with van der Waals surface area (Å²) in [5, 5.41) is 0. The molecule has 2 heteroatoms. The van der Waals surface area contributed by atoms with E-state index in [0.717, 1.165) is 6.54 Å². The van der Waals surface area contributed by atoms with Crippen LogP contribution in [0.4, 0.5) is 0 Å². The molecule has 68 valence electrons. The van der Waals surface area contributed by atoms with Crippen LogP contribution in [0.15, 0.2) is 4.99 Å². The molecule has 0 radical (unpaired) electrons. The molecule has 2 nitrogen and oxygen atoms in total. The molecule has 2 aliphatic rings. The van der Waals surface area contributed by atoms with Gasteiger partial charge in [-0.15, -0.1) is 0 Å². The molecule has 0 spiro atoms. The topological polar surface area (TPSA) is 15.6 Å². The molecule has 2 rings (SSSR count). The Balaban J connectivity index is 2.02. The van der Waals surface area contributed by atoms with Gasteiger partial charge in [-0.1, -0.05) is 12.8 Å². The monoisotopic (exact) mass is 166 g/mol. The number of aliphatic imine (C=N–C) groups is 1. The van der Waals surface area contributed by atoms with Gasteiger partial charge in [0.15, 0.2) is 0 Å². The predicted molar refractivity (Wildman–Crippen MR) is 51.8 cm³/mol. The molecule has 0 saturated carbocycles. The lowest BCUT2D eigenvalue weighted by atomic mass is 10.1. The van der Waals surface area contributed by atoms with Crippen LogP contribution < -0.4 is 0 Å². The summed E-state index contributed by atoms with van der Waals surface area (Å²) >= 11 is 0. The highest BCUT2D eigenvalue weighted by molar-refractivity contribution is 5.64. The van der Waals surface area contributed by atoms with Crippen molar-refractivity contribution in [1.29, 1.82) is 0 Å². The highest BCUT2D eigenvalue weighted by Crippen LogP contribution is 2.17. The second kappa shape index (κ2) is 4.04. The minimum Gasteiger partial charge on any atom is -0.296 e. The first-order chi connectivity index (χ1) is 5.97. The molecule has 0 aromatic carbocycles. The van der Waals surface area contributed by atoms with Gasteiger partial charge in [0.2, 0.25) is 0 Å². The highest BCUT2D eigenvalue weighted by atomic mass is 15.2. The minimum atomic E-state index is 0.676. The molecule has 1 unspecified atom stereocenters. The molecular weight excluding hydrogens is 148 g/mol. The Bertz CT molecular complexity index is 165. The second-order valence-electron chi connectivity index (χ2n) is 3.86. The quantitative estimate of drug-likeness (QED) is 0.535. The third-order valence-corrected chi connectivity index (χ3v) is 2.92. The fourth-order valence-corrected chi connectivity index (χ4v) is 2.20. The van der Waals surface area contributed by atoms with Crippen LogP contribution in [0.1, 0.15) is 32.1 Å². The molecule has 12 heavy (non-hydrogen) atoms. The zero-order chi connectivity index (χ0) is 8.23. The fourth-order valence-electron chi connectivity index (χ4n) is 2.20. The second-order valence-corrected chi connectivity index (χ2v) is 3.86. The highest BCUT2D eigenvalue weighted by Gasteiger charge is 2.19. The van der Waals surface area contributed by atoms with Gasteiger partial charge in [0.1, 0.15) is 0 Å². The van der Waals surface area contributed by atoms with Crippen molar-refractivity contribution in [1.82, 2.24) is 4.90 Å². The van der Waals surface area contributed by atoms with Crippen LogP contribution in [0.2, 0.25) is 0 Å². The molecule has 2 aliphatic heterocycles. The average Bonchev–Trinajstić information content (AvgIpc) is 2.38. The van der Waals surface area contributed by atoms with Crippen LogP contribution in [-0.4, -0.2) is 36.8 Å². The van der Waals surface area contributed by atoms with Crippen molar-refractivity contribution in [3.63, 3.8) is 0 Å². The van der Waals surface area contributed by atoms with E-state index in [2.05, 4.69) is 16.1 Å². The molecule has 0 aliphatic carbocycles. The van der Waals surface area contributed by atoms with Gasteiger partial charge in [-0.2, -0.15) is 0 Å². The Morgan fingerprint density at radius 1 is 1.08 bits per heavy atom. The van der Waals surface area contributed by atoms with Crippen molar-refractivity contribution >= 4 is 6.21 Å². The van der Waals surface area contributed by atoms with Crippen molar-refractivity contribution in [2.75, 3.05) is 19.6 Å². The molecule has 0 amide bonds. The van der Waals surface area contributed by atoms with Gasteiger partial charge in [-0.05, 0) is 25.8 Å². The molecule has 0 N–H and O–H groups in total. The number of fused-ring (bicyclic) bond motifs is 1. The minimum absolute atomic E-state index is 0.676. The lowest BCUT2D eigenvalue weighted by Crippen LogP contribution is -2.35. The van der Waals surface area contributed by atoms with Crippen molar-refractivity contribution in [3.05, 3.63) is 0 Å². The van der Waals surface area contributed by atoms with Crippen molar-refractivity contribution in [2.24, 2.45) is 4.99 Å². The zero-order valence-electron chi connectivity index (χ0n) is 7.71. The van der Waals surface area contributed by atoms with Crippen LogP contribution >= 0.6 is 0 Å². The first-order valence-corrected chi connectivity index (χ1v) is 5.21. The Morgan fingerprint density at radius 2 is 2.00 bits per heavy atom. The largest absolute Gasteiger partial charge is 0.296 e. The maximum atomic E-state index is 4.43. The van der Waals surface area contributed by atoms with Gasteiger partial charge >= 0.3 is 0 Å². The summed E-state index contributed by atoms with van der Waals surface area (Å²) in [4.78, 5) is 7.04. The summed E-state index contributed by atoms with van der Waals surface area (Å²) in [5.41, 5.74) is 0. The zero-order valence-corrected chi connectivity index (χ0v) is 7.71. The van der Waals surface area contributed by atoms with E-state index in [9.17, 15) is 0 Å². The van der Waals surface area contributed by atoms with Gasteiger partial charge in [-0.3, -0.25) is 9.89 Å². The van der Waals surface area contributed by atoms with Gasteiger partial charge in [0.05, 0.1) is 0 Å².